The molecular weight excluding hydrogens is 303 g/mol. The number of nitrogens with one attached hydrogen (secondary N) is 1. The first kappa shape index (κ1) is 15.5. The minimum Gasteiger partial charge on any atom is -0.506 e. The Labute approximate surface area is 125 Å². The Kier molecular flexibility index (Phi) is 4.32. The third-order valence-corrected chi connectivity index (χ3v) is 3.40. The van der Waals surface area contributed by atoms with Crippen molar-refractivity contribution in [2.75, 3.05) is 5.32 Å². The standard InChI is InChI=1S/C15H13ClF3NO/c1-9-5-6-11(7-12(9)15(17,18)19)20-8-10-3-2-4-13(16)14(10)21/h2-7,20-21H,8H2,1H3. The Morgan fingerprint density at radius 3 is 2.57 bits per heavy atom. The lowest BCUT2D eigenvalue weighted by Crippen LogP contribution is -2.09. The zero-order valence-corrected chi connectivity index (χ0v) is 11.9. The molecule has 21 heavy (non-hydrogen) atoms. The minimum absolute atomic E-state index is 0.0742. The van der Waals surface area contributed by atoms with Gasteiger partial charge < -0.3 is 10.4 Å². The van der Waals surface area contributed by atoms with Gasteiger partial charge in [-0.3, -0.25) is 0 Å². The van der Waals surface area contributed by atoms with Crippen LogP contribution in [-0.2, 0) is 12.7 Å². The zero-order valence-electron chi connectivity index (χ0n) is 11.1. The average Bonchev–Trinajstić information content (AvgIpc) is 2.40. The molecule has 0 unspecified atom stereocenters. The molecule has 2 rings (SSSR count). The highest BCUT2D eigenvalue weighted by molar-refractivity contribution is 6.32. The molecule has 0 aliphatic heterocycles. The number of anilines is 1. The maximum atomic E-state index is 12.8. The van der Waals surface area contributed by atoms with E-state index >= 15 is 0 Å². The Balaban J connectivity index is 2.19. The second-order valence-electron chi connectivity index (χ2n) is 4.63. The number of rotatable bonds is 3. The summed E-state index contributed by atoms with van der Waals surface area (Å²) in [6.45, 7) is 1.59. The number of phenolic OH excluding ortho intramolecular Hbond substituents is 1. The molecule has 0 heterocycles. The fraction of sp³-hybridized carbons (Fsp3) is 0.200. The van der Waals surface area contributed by atoms with Crippen LogP contribution in [0.5, 0.6) is 5.75 Å². The summed E-state index contributed by atoms with van der Waals surface area (Å²) in [6.07, 6.45) is -4.39. The van der Waals surface area contributed by atoms with Crippen molar-refractivity contribution >= 4 is 17.3 Å². The van der Waals surface area contributed by atoms with Gasteiger partial charge in [0.25, 0.3) is 0 Å². The first-order valence-corrected chi connectivity index (χ1v) is 6.55. The number of benzene rings is 2. The SMILES string of the molecule is Cc1ccc(NCc2cccc(Cl)c2O)cc1C(F)(F)F. The summed E-state index contributed by atoms with van der Waals surface area (Å²) < 4.78 is 38.5. The van der Waals surface area contributed by atoms with E-state index in [0.717, 1.165) is 6.07 Å². The molecule has 2 aromatic carbocycles. The van der Waals surface area contributed by atoms with Gasteiger partial charge in [-0.25, -0.2) is 0 Å². The zero-order chi connectivity index (χ0) is 15.6. The fourth-order valence-electron chi connectivity index (χ4n) is 1.94. The van der Waals surface area contributed by atoms with Gasteiger partial charge in [-0.05, 0) is 30.7 Å². The van der Waals surface area contributed by atoms with Crippen LogP contribution in [-0.4, -0.2) is 5.11 Å². The van der Waals surface area contributed by atoms with Crippen LogP contribution in [0.4, 0.5) is 18.9 Å². The molecule has 2 N–H and O–H groups in total. The summed E-state index contributed by atoms with van der Waals surface area (Å²) in [5, 5.41) is 12.8. The largest absolute Gasteiger partial charge is 0.506 e. The van der Waals surface area contributed by atoms with Gasteiger partial charge in [0.15, 0.2) is 0 Å². The lowest BCUT2D eigenvalue weighted by Gasteiger charge is -2.14. The molecule has 0 aromatic heterocycles. The van der Waals surface area contributed by atoms with Crippen LogP contribution in [0, 0.1) is 6.92 Å². The van der Waals surface area contributed by atoms with Crippen molar-refractivity contribution in [3.63, 3.8) is 0 Å². The predicted octanol–water partition coefficient (Wildman–Crippen LogP) is 4.98. The van der Waals surface area contributed by atoms with E-state index in [9.17, 15) is 18.3 Å². The molecule has 0 bridgehead atoms. The monoisotopic (exact) mass is 315 g/mol. The second-order valence-corrected chi connectivity index (χ2v) is 5.04. The first-order valence-electron chi connectivity index (χ1n) is 6.17. The average molecular weight is 316 g/mol. The molecule has 0 atom stereocenters. The van der Waals surface area contributed by atoms with Gasteiger partial charge in [0, 0.05) is 17.8 Å². The summed E-state index contributed by atoms with van der Waals surface area (Å²) in [4.78, 5) is 0. The smallest absolute Gasteiger partial charge is 0.416 e. The van der Waals surface area contributed by atoms with E-state index in [4.69, 9.17) is 11.6 Å². The maximum absolute atomic E-state index is 12.8. The van der Waals surface area contributed by atoms with Gasteiger partial charge in [-0.15, -0.1) is 0 Å². The van der Waals surface area contributed by atoms with Crippen molar-refractivity contribution in [1.29, 1.82) is 0 Å². The van der Waals surface area contributed by atoms with Gasteiger partial charge in [0.05, 0.1) is 10.6 Å². The Hall–Kier alpha value is -1.88. The number of alkyl halides is 3. The topological polar surface area (TPSA) is 32.3 Å². The highest BCUT2D eigenvalue weighted by Crippen LogP contribution is 2.34. The van der Waals surface area contributed by atoms with Crippen molar-refractivity contribution in [3.8, 4) is 5.75 Å². The summed E-state index contributed by atoms with van der Waals surface area (Å²) in [7, 11) is 0. The van der Waals surface area contributed by atoms with E-state index in [1.165, 1.54) is 19.1 Å². The lowest BCUT2D eigenvalue weighted by atomic mass is 10.1. The predicted molar refractivity (Wildman–Crippen MR) is 76.6 cm³/mol. The molecule has 0 radical (unpaired) electrons. The van der Waals surface area contributed by atoms with Crippen molar-refractivity contribution < 1.29 is 18.3 Å². The lowest BCUT2D eigenvalue weighted by molar-refractivity contribution is -0.138. The van der Waals surface area contributed by atoms with Gasteiger partial charge in [0.2, 0.25) is 0 Å². The van der Waals surface area contributed by atoms with Crippen LogP contribution < -0.4 is 5.32 Å². The van der Waals surface area contributed by atoms with Crippen LogP contribution in [0.1, 0.15) is 16.7 Å². The van der Waals surface area contributed by atoms with Crippen molar-refractivity contribution in [3.05, 3.63) is 58.1 Å². The molecule has 0 saturated carbocycles. The van der Waals surface area contributed by atoms with E-state index in [1.54, 1.807) is 18.2 Å². The van der Waals surface area contributed by atoms with Gasteiger partial charge >= 0.3 is 6.18 Å². The Morgan fingerprint density at radius 1 is 1.19 bits per heavy atom. The molecule has 0 saturated heterocycles. The third kappa shape index (κ3) is 3.61. The van der Waals surface area contributed by atoms with E-state index in [-0.39, 0.29) is 22.9 Å². The quantitative estimate of drug-likeness (QED) is 0.836. The molecule has 2 nitrogen and oxygen atoms in total. The van der Waals surface area contributed by atoms with E-state index < -0.39 is 11.7 Å². The number of aryl methyl sites for hydroxylation is 1. The number of hydrogen-bond donors (Lipinski definition) is 2. The van der Waals surface area contributed by atoms with Crippen LogP contribution in [0.15, 0.2) is 36.4 Å². The summed E-state index contributed by atoms with van der Waals surface area (Å²) >= 11 is 5.77. The molecule has 2 aromatic rings. The highest BCUT2D eigenvalue weighted by Gasteiger charge is 2.32. The number of phenols is 1. The van der Waals surface area contributed by atoms with E-state index in [0.29, 0.717) is 11.3 Å². The molecular formula is C15H13ClF3NO. The van der Waals surface area contributed by atoms with Crippen LogP contribution >= 0.6 is 11.6 Å². The highest BCUT2D eigenvalue weighted by atomic mass is 35.5. The molecule has 0 fully saturated rings. The van der Waals surface area contributed by atoms with Crippen molar-refractivity contribution in [2.24, 2.45) is 0 Å². The van der Waals surface area contributed by atoms with E-state index in [2.05, 4.69) is 5.32 Å². The Morgan fingerprint density at radius 2 is 1.90 bits per heavy atom. The third-order valence-electron chi connectivity index (χ3n) is 3.10. The van der Waals surface area contributed by atoms with E-state index in [1.807, 2.05) is 0 Å². The number of aromatic hydroxyl groups is 1. The van der Waals surface area contributed by atoms with Crippen LogP contribution in [0.2, 0.25) is 5.02 Å². The molecule has 0 spiro atoms. The number of para-hydroxylation sites is 1. The fourth-order valence-corrected chi connectivity index (χ4v) is 2.13. The summed E-state index contributed by atoms with van der Waals surface area (Å²) in [5.74, 6) is -0.0742. The van der Waals surface area contributed by atoms with Gasteiger partial charge in [0.1, 0.15) is 5.75 Å². The summed E-state index contributed by atoms with van der Waals surface area (Å²) in [6, 6.07) is 8.86. The van der Waals surface area contributed by atoms with Crippen LogP contribution in [0.3, 0.4) is 0 Å². The Bertz CT molecular complexity index is 656. The molecule has 0 aliphatic rings. The molecule has 0 amide bonds. The maximum Gasteiger partial charge on any atom is 0.416 e. The summed E-state index contributed by atoms with van der Waals surface area (Å²) in [5.41, 5.74) is 0.324. The minimum atomic E-state index is -4.39. The molecule has 112 valence electrons. The number of hydrogen-bond acceptors (Lipinski definition) is 2. The molecule has 0 aliphatic carbocycles. The molecule has 6 heteroatoms. The second kappa shape index (κ2) is 5.85. The first-order chi connectivity index (χ1) is 9.79. The van der Waals surface area contributed by atoms with Crippen molar-refractivity contribution in [2.45, 2.75) is 19.6 Å². The van der Waals surface area contributed by atoms with Crippen LogP contribution in [0.25, 0.3) is 0 Å². The normalized spacial score (nSPS) is 11.5. The van der Waals surface area contributed by atoms with Crippen molar-refractivity contribution in [1.82, 2.24) is 0 Å². The van der Waals surface area contributed by atoms with Gasteiger partial charge in [-0.1, -0.05) is 29.8 Å². The number of halogens is 4. The van der Waals surface area contributed by atoms with Gasteiger partial charge in [-0.2, -0.15) is 13.2 Å².